The summed E-state index contributed by atoms with van der Waals surface area (Å²) in [6.07, 6.45) is 2.51. The van der Waals surface area contributed by atoms with Crippen LogP contribution in [0.3, 0.4) is 0 Å². The summed E-state index contributed by atoms with van der Waals surface area (Å²) in [5, 5.41) is 3.08. The lowest BCUT2D eigenvalue weighted by molar-refractivity contribution is -0.160. The van der Waals surface area contributed by atoms with Gasteiger partial charge in [0.25, 0.3) is 0 Å². The van der Waals surface area contributed by atoms with Gasteiger partial charge in [0, 0.05) is 23.9 Å². The number of likely N-dealkylation sites (tertiary alicyclic amines) is 1. The van der Waals surface area contributed by atoms with E-state index in [1.807, 2.05) is 13.0 Å². The molecule has 0 aromatic carbocycles. The van der Waals surface area contributed by atoms with Crippen LogP contribution in [-0.2, 0) is 10.2 Å². The van der Waals surface area contributed by atoms with Gasteiger partial charge in [0.2, 0.25) is 5.91 Å². The second-order valence-electron chi connectivity index (χ2n) is 7.79. The zero-order chi connectivity index (χ0) is 17.1. The highest BCUT2D eigenvalue weighted by Crippen LogP contribution is 2.69. The first-order chi connectivity index (χ1) is 11.3. The zero-order valence-electron chi connectivity index (χ0n) is 13.9. The van der Waals surface area contributed by atoms with Crippen molar-refractivity contribution >= 4 is 11.7 Å². The molecule has 0 radical (unpaired) electrons. The summed E-state index contributed by atoms with van der Waals surface area (Å²) in [5.74, 6) is 0.429. The van der Waals surface area contributed by atoms with Crippen LogP contribution in [-0.4, -0.2) is 51.2 Å². The smallest absolute Gasteiger partial charge is 0.245 e. The van der Waals surface area contributed by atoms with Crippen molar-refractivity contribution in [2.45, 2.75) is 68.9 Å². The molecule has 4 aliphatic rings. The van der Waals surface area contributed by atoms with Crippen LogP contribution in [0.2, 0.25) is 0 Å². The molecule has 0 spiro atoms. The lowest BCUT2D eigenvalue weighted by Crippen LogP contribution is -2.67. The van der Waals surface area contributed by atoms with Gasteiger partial charge in [-0.05, 0) is 33.1 Å². The Morgan fingerprint density at radius 1 is 1.42 bits per heavy atom. The van der Waals surface area contributed by atoms with E-state index in [0.717, 1.165) is 5.69 Å². The number of nitrogens with one attached hydrogen (secondary N) is 1. The number of aromatic nitrogens is 2. The van der Waals surface area contributed by atoms with Gasteiger partial charge >= 0.3 is 0 Å². The third-order valence-corrected chi connectivity index (χ3v) is 5.72. The fraction of sp³-hybridized carbons (Fsp3) is 0.706. The average Bonchev–Trinajstić information content (AvgIpc) is 2.81. The van der Waals surface area contributed by atoms with Gasteiger partial charge in [0.15, 0.2) is 0 Å². The number of halogens is 2. The van der Waals surface area contributed by atoms with Crippen LogP contribution in [0, 0.1) is 0 Å². The van der Waals surface area contributed by atoms with Crippen LogP contribution in [0.25, 0.3) is 0 Å². The zero-order valence-corrected chi connectivity index (χ0v) is 13.9. The summed E-state index contributed by atoms with van der Waals surface area (Å²) in [7, 11) is 0. The van der Waals surface area contributed by atoms with Crippen LogP contribution < -0.4 is 5.32 Å². The molecule has 4 fully saturated rings. The molecule has 2 heterocycles. The fourth-order valence-corrected chi connectivity index (χ4v) is 4.47. The third kappa shape index (κ3) is 2.36. The number of carbonyl (C=O) groups excluding carboxylic acids is 1. The number of anilines is 1. The van der Waals surface area contributed by atoms with Gasteiger partial charge in [-0.1, -0.05) is 0 Å². The summed E-state index contributed by atoms with van der Waals surface area (Å²) < 4.78 is 27.2. The second kappa shape index (κ2) is 5.10. The van der Waals surface area contributed by atoms with Crippen molar-refractivity contribution in [3.63, 3.8) is 0 Å². The molecule has 1 aromatic heterocycles. The molecule has 3 aliphatic carbocycles. The number of alkyl halides is 2. The van der Waals surface area contributed by atoms with Crippen LogP contribution in [0.5, 0.6) is 0 Å². The molecule has 1 aromatic rings. The predicted octanol–water partition coefficient (Wildman–Crippen LogP) is 2.38. The molecular formula is C17H22F2N4O. The molecule has 5 nitrogen and oxygen atoms in total. The van der Waals surface area contributed by atoms with Gasteiger partial charge < -0.3 is 10.2 Å². The van der Waals surface area contributed by atoms with Gasteiger partial charge in [-0.3, -0.25) is 4.79 Å². The number of carbonyl (C=O) groups is 1. The summed E-state index contributed by atoms with van der Waals surface area (Å²) in [6, 6.07) is 1.23. The van der Waals surface area contributed by atoms with Gasteiger partial charge in [-0.2, -0.15) is 0 Å². The maximum Gasteiger partial charge on any atom is 0.245 e. The van der Waals surface area contributed by atoms with E-state index in [1.54, 1.807) is 11.8 Å². The van der Waals surface area contributed by atoms with Crippen molar-refractivity contribution in [1.29, 1.82) is 0 Å². The van der Waals surface area contributed by atoms with Crippen molar-refractivity contribution in [2.24, 2.45) is 0 Å². The molecular weight excluding hydrogens is 314 g/mol. The Labute approximate surface area is 139 Å². The van der Waals surface area contributed by atoms with Gasteiger partial charge in [0.1, 0.15) is 30.0 Å². The molecule has 1 N–H and O–H groups in total. The van der Waals surface area contributed by atoms with E-state index in [-0.39, 0.29) is 23.9 Å². The maximum absolute atomic E-state index is 13.7. The molecule has 0 unspecified atom stereocenters. The largest absolute Gasteiger partial charge is 0.359 e. The van der Waals surface area contributed by atoms with Gasteiger partial charge in [-0.25, -0.2) is 18.7 Å². The highest BCUT2D eigenvalue weighted by atomic mass is 19.1. The van der Waals surface area contributed by atoms with Crippen molar-refractivity contribution in [1.82, 2.24) is 14.9 Å². The van der Waals surface area contributed by atoms with E-state index in [0.29, 0.717) is 31.5 Å². The standard InChI is InChI=1S/C17H22F2N4O/c1-10-3-12(18)5-23(10)15(24)11(2)22-14-4-13(20-9-21-14)16-6-17(19,7-16)8-16/h4,9-12H,3,5-8H2,1-2H3,(H,20,21,22)/t10-,11+,12+,16?,17?/m0/s1. The Morgan fingerprint density at radius 3 is 2.71 bits per heavy atom. The molecule has 2 bridgehead atoms. The fourth-order valence-electron chi connectivity index (χ4n) is 4.47. The predicted molar refractivity (Wildman–Crippen MR) is 85.2 cm³/mol. The van der Waals surface area contributed by atoms with E-state index >= 15 is 0 Å². The molecule has 24 heavy (non-hydrogen) atoms. The minimum Gasteiger partial charge on any atom is -0.359 e. The maximum atomic E-state index is 13.7. The van der Waals surface area contributed by atoms with E-state index in [2.05, 4.69) is 15.3 Å². The summed E-state index contributed by atoms with van der Waals surface area (Å²) in [4.78, 5) is 22.5. The van der Waals surface area contributed by atoms with Crippen LogP contribution >= 0.6 is 0 Å². The first-order valence-corrected chi connectivity index (χ1v) is 8.53. The third-order valence-electron chi connectivity index (χ3n) is 5.72. The summed E-state index contributed by atoms with van der Waals surface area (Å²) in [6.45, 7) is 3.77. The van der Waals surface area contributed by atoms with E-state index < -0.39 is 17.9 Å². The van der Waals surface area contributed by atoms with E-state index in [9.17, 15) is 13.6 Å². The minimum absolute atomic E-state index is 0.0840. The minimum atomic E-state index is -0.976. The first-order valence-electron chi connectivity index (χ1n) is 8.53. The molecule has 3 atom stereocenters. The molecule has 3 saturated carbocycles. The number of nitrogens with zero attached hydrogens (tertiary/aromatic N) is 3. The summed E-state index contributed by atoms with van der Waals surface area (Å²) in [5.41, 5.74) is -0.263. The van der Waals surface area contributed by atoms with Gasteiger partial charge in [-0.15, -0.1) is 0 Å². The Kier molecular flexibility index (Phi) is 3.34. The summed E-state index contributed by atoms with van der Waals surface area (Å²) >= 11 is 0. The number of amides is 1. The SMILES string of the molecule is C[C@@H](Nc1cc(C23CC(F)(C2)C3)ncn1)C(=O)N1C[C@H](F)C[C@@H]1C. The quantitative estimate of drug-likeness (QED) is 0.917. The molecule has 7 heteroatoms. The van der Waals surface area contributed by atoms with Gasteiger partial charge in [0.05, 0.1) is 12.2 Å². The monoisotopic (exact) mass is 336 g/mol. The number of rotatable bonds is 4. The van der Waals surface area contributed by atoms with Crippen LogP contribution in [0.4, 0.5) is 14.6 Å². The van der Waals surface area contributed by atoms with Crippen molar-refractivity contribution in [3.05, 3.63) is 18.1 Å². The number of hydrogen-bond acceptors (Lipinski definition) is 4. The average molecular weight is 336 g/mol. The van der Waals surface area contributed by atoms with E-state index in [1.165, 1.54) is 6.33 Å². The van der Waals surface area contributed by atoms with Crippen LogP contribution in [0.1, 0.15) is 45.2 Å². The normalized spacial score (nSPS) is 38.2. The lowest BCUT2D eigenvalue weighted by Gasteiger charge is -2.65. The topological polar surface area (TPSA) is 58.1 Å². The molecule has 130 valence electrons. The Bertz CT molecular complexity index is 663. The van der Waals surface area contributed by atoms with Crippen molar-refractivity contribution in [3.8, 4) is 0 Å². The lowest BCUT2D eigenvalue weighted by atomic mass is 9.41. The highest BCUT2D eigenvalue weighted by Gasteiger charge is 2.70. The molecule has 1 amide bonds. The van der Waals surface area contributed by atoms with Crippen molar-refractivity contribution in [2.75, 3.05) is 11.9 Å². The number of hydrogen-bond donors (Lipinski definition) is 1. The van der Waals surface area contributed by atoms with Crippen molar-refractivity contribution < 1.29 is 13.6 Å². The Hall–Kier alpha value is -1.79. The first kappa shape index (κ1) is 15.7. The highest BCUT2D eigenvalue weighted by molar-refractivity contribution is 5.84. The Balaban J connectivity index is 1.43. The van der Waals surface area contributed by atoms with E-state index in [4.69, 9.17) is 0 Å². The molecule has 5 rings (SSSR count). The second-order valence-corrected chi connectivity index (χ2v) is 7.79. The Morgan fingerprint density at radius 2 is 2.12 bits per heavy atom. The molecule has 1 saturated heterocycles. The van der Waals surface area contributed by atoms with Crippen LogP contribution in [0.15, 0.2) is 12.4 Å². The molecule has 1 aliphatic heterocycles.